The quantitative estimate of drug-likeness (QED) is 0.673. The molecule has 0 aliphatic heterocycles. The Morgan fingerprint density at radius 3 is 2.25 bits per heavy atom. The average Bonchev–Trinajstić information content (AvgIpc) is 2.12. The van der Waals surface area contributed by atoms with Gasteiger partial charge in [0.05, 0.1) is 6.10 Å². The van der Waals surface area contributed by atoms with Crippen molar-refractivity contribution in [2.24, 2.45) is 5.41 Å². The van der Waals surface area contributed by atoms with E-state index in [1.54, 1.807) is 7.11 Å². The number of ether oxygens (including phenoxy) is 1. The van der Waals surface area contributed by atoms with Crippen molar-refractivity contribution in [2.75, 3.05) is 13.7 Å². The highest BCUT2D eigenvalue weighted by molar-refractivity contribution is 4.93. The van der Waals surface area contributed by atoms with Gasteiger partial charge in [0.25, 0.3) is 0 Å². The molecule has 16 heavy (non-hydrogen) atoms. The molecule has 2 atom stereocenters. The molecule has 0 rings (SSSR count). The zero-order chi connectivity index (χ0) is 12.8. The lowest BCUT2D eigenvalue weighted by Gasteiger charge is -2.36. The van der Waals surface area contributed by atoms with E-state index < -0.39 is 0 Å². The second-order valence-corrected chi connectivity index (χ2v) is 5.68. The standard InChI is InChI=1S/C14H29NO/c1-8-15-12(10-9-11(2)3)13(16-7)14(4,5)6/h12-13,15H,2,8-10H2,1,3-7H3. The number of nitrogens with one attached hydrogen (secondary N) is 1. The molecule has 0 aromatic carbocycles. The fraction of sp³-hybridized carbons (Fsp3) is 0.857. The number of hydrogen-bond donors (Lipinski definition) is 1. The van der Waals surface area contributed by atoms with Gasteiger partial charge in [-0.25, -0.2) is 0 Å². The van der Waals surface area contributed by atoms with Gasteiger partial charge in [-0.3, -0.25) is 0 Å². The van der Waals surface area contributed by atoms with E-state index >= 15 is 0 Å². The molecule has 2 heteroatoms. The van der Waals surface area contributed by atoms with Crippen molar-refractivity contribution in [1.82, 2.24) is 5.32 Å². The summed E-state index contributed by atoms with van der Waals surface area (Å²) in [6.45, 7) is 15.9. The van der Waals surface area contributed by atoms with E-state index in [1.165, 1.54) is 5.57 Å². The Balaban J connectivity index is 4.52. The van der Waals surface area contributed by atoms with Crippen molar-refractivity contribution in [3.05, 3.63) is 12.2 Å². The molecule has 2 nitrogen and oxygen atoms in total. The highest BCUT2D eigenvalue weighted by Gasteiger charge is 2.31. The monoisotopic (exact) mass is 227 g/mol. The first-order chi connectivity index (χ1) is 7.32. The van der Waals surface area contributed by atoms with Crippen LogP contribution in [0.3, 0.4) is 0 Å². The molecule has 1 N–H and O–H groups in total. The summed E-state index contributed by atoms with van der Waals surface area (Å²) in [4.78, 5) is 0. The van der Waals surface area contributed by atoms with Gasteiger partial charge >= 0.3 is 0 Å². The Bertz CT molecular complexity index is 205. The minimum Gasteiger partial charge on any atom is -0.379 e. The molecule has 0 radical (unpaired) electrons. The molecule has 0 bridgehead atoms. The van der Waals surface area contributed by atoms with Crippen LogP contribution in [0.25, 0.3) is 0 Å². The minimum absolute atomic E-state index is 0.163. The van der Waals surface area contributed by atoms with Gasteiger partial charge in [0, 0.05) is 13.2 Å². The fourth-order valence-electron chi connectivity index (χ4n) is 2.15. The predicted octanol–water partition coefficient (Wildman–Crippen LogP) is 3.38. The van der Waals surface area contributed by atoms with E-state index in [0.29, 0.717) is 6.04 Å². The predicted molar refractivity (Wildman–Crippen MR) is 71.8 cm³/mol. The van der Waals surface area contributed by atoms with Crippen LogP contribution >= 0.6 is 0 Å². The van der Waals surface area contributed by atoms with Gasteiger partial charge < -0.3 is 10.1 Å². The molecule has 0 saturated heterocycles. The van der Waals surface area contributed by atoms with E-state index in [-0.39, 0.29) is 11.5 Å². The number of rotatable bonds is 7. The number of hydrogen-bond acceptors (Lipinski definition) is 2. The SMILES string of the molecule is C=C(C)CCC(NCC)C(OC)C(C)(C)C. The molecule has 0 aromatic heterocycles. The second-order valence-electron chi connectivity index (χ2n) is 5.68. The van der Waals surface area contributed by atoms with E-state index in [0.717, 1.165) is 19.4 Å². The van der Waals surface area contributed by atoms with Gasteiger partial charge in [0.2, 0.25) is 0 Å². The summed E-state index contributed by atoms with van der Waals surface area (Å²) in [5, 5.41) is 3.53. The van der Waals surface area contributed by atoms with Crippen LogP contribution in [0.15, 0.2) is 12.2 Å². The molecule has 0 aliphatic rings. The maximum atomic E-state index is 5.67. The zero-order valence-electron chi connectivity index (χ0n) is 11.9. The average molecular weight is 227 g/mol. The van der Waals surface area contributed by atoms with Crippen LogP contribution in [0.5, 0.6) is 0 Å². The minimum atomic E-state index is 0.163. The molecule has 96 valence electrons. The summed E-state index contributed by atoms with van der Waals surface area (Å²) < 4.78 is 5.67. The maximum absolute atomic E-state index is 5.67. The normalized spacial score (nSPS) is 15.9. The van der Waals surface area contributed by atoms with Crippen LogP contribution in [0.2, 0.25) is 0 Å². The third-order valence-corrected chi connectivity index (χ3v) is 2.82. The Morgan fingerprint density at radius 1 is 1.38 bits per heavy atom. The van der Waals surface area contributed by atoms with E-state index in [9.17, 15) is 0 Å². The van der Waals surface area contributed by atoms with Crippen LogP contribution in [0.4, 0.5) is 0 Å². The maximum Gasteiger partial charge on any atom is 0.0772 e. The Kier molecular flexibility index (Phi) is 6.93. The first-order valence-corrected chi connectivity index (χ1v) is 6.23. The Hall–Kier alpha value is -0.340. The fourth-order valence-corrected chi connectivity index (χ4v) is 2.15. The van der Waals surface area contributed by atoms with E-state index in [2.05, 4.69) is 46.5 Å². The van der Waals surface area contributed by atoms with Crippen molar-refractivity contribution >= 4 is 0 Å². The Labute approximate surface area is 101 Å². The van der Waals surface area contributed by atoms with Crippen LogP contribution in [0, 0.1) is 5.41 Å². The molecule has 0 aliphatic carbocycles. The van der Waals surface area contributed by atoms with Crippen molar-refractivity contribution in [1.29, 1.82) is 0 Å². The first kappa shape index (κ1) is 15.7. The van der Waals surface area contributed by atoms with Gasteiger partial charge in [0.15, 0.2) is 0 Å². The molecule has 0 saturated carbocycles. The smallest absolute Gasteiger partial charge is 0.0772 e. The highest BCUT2D eigenvalue weighted by Crippen LogP contribution is 2.26. The molecular weight excluding hydrogens is 198 g/mol. The highest BCUT2D eigenvalue weighted by atomic mass is 16.5. The van der Waals surface area contributed by atoms with Gasteiger partial charge in [-0.05, 0) is 31.7 Å². The first-order valence-electron chi connectivity index (χ1n) is 6.23. The van der Waals surface area contributed by atoms with Crippen LogP contribution in [0.1, 0.15) is 47.5 Å². The largest absolute Gasteiger partial charge is 0.379 e. The van der Waals surface area contributed by atoms with Crippen molar-refractivity contribution in [2.45, 2.75) is 59.6 Å². The molecule has 0 spiro atoms. The van der Waals surface area contributed by atoms with Gasteiger partial charge in [-0.2, -0.15) is 0 Å². The van der Waals surface area contributed by atoms with Crippen LogP contribution in [-0.2, 0) is 4.74 Å². The second kappa shape index (κ2) is 7.08. The van der Waals surface area contributed by atoms with Crippen LogP contribution < -0.4 is 5.32 Å². The lowest BCUT2D eigenvalue weighted by molar-refractivity contribution is -0.0126. The topological polar surface area (TPSA) is 21.3 Å². The number of likely N-dealkylation sites (N-methyl/N-ethyl adjacent to an activating group) is 1. The summed E-state index contributed by atoms with van der Waals surface area (Å²) in [5.41, 5.74) is 1.41. The lowest BCUT2D eigenvalue weighted by atomic mass is 9.82. The lowest BCUT2D eigenvalue weighted by Crippen LogP contribution is -2.47. The third kappa shape index (κ3) is 5.66. The van der Waals surface area contributed by atoms with Gasteiger partial charge in [-0.1, -0.05) is 33.3 Å². The van der Waals surface area contributed by atoms with Gasteiger partial charge in [-0.15, -0.1) is 6.58 Å². The molecule has 0 aromatic rings. The summed E-state index contributed by atoms with van der Waals surface area (Å²) in [5.74, 6) is 0. The Morgan fingerprint density at radius 2 is 1.94 bits per heavy atom. The molecule has 2 unspecified atom stereocenters. The molecular formula is C14H29NO. The van der Waals surface area contributed by atoms with Crippen molar-refractivity contribution in [3.63, 3.8) is 0 Å². The third-order valence-electron chi connectivity index (χ3n) is 2.82. The zero-order valence-corrected chi connectivity index (χ0v) is 11.9. The summed E-state index contributed by atoms with van der Waals surface area (Å²) in [7, 11) is 1.81. The number of allylic oxidation sites excluding steroid dienone is 1. The summed E-state index contributed by atoms with van der Waals surface area (Å²) in [6.07, 6.45) is 2.40. The summed E-state index contributed by atoms with van der Waals surface area (Å²) >= 11 is 0. The molecule has 0 amide bonds. The number of methoxy groups -OCH3 is 1. The van der Waals surface area contributed by atoms with E-state index in [1.807, 2.05) is 0 Å². The summed E-state index contributed by atoms with van der Waals surface area (Å²) in [6, 6.07) is 0.409. The van der Waals surface area contributed by atoms with E-state index in [4.69, 9.17) is 4.74 Å². The molecule has 0 fully saturated rings. The van der Waals surface area contributed by atoms with Crippen LogP contribution in [-0.4, -0.2) is 25.8 Å². The molecule has 0 heterocycles. The van der Waals surface area contributed by atoms with Crippen molar-refractivity contribution in [3.8, 4) is 0 Å². The van der Waals surface area contributed by atoms with Gasteiger partial charge in [0.1, 0.15) is 0 Å². The van der Waals surface area contributed by atoms with Crippen molar-refractivity contribution < 1.29 is 4.74 Å².